The minimum atomic E-state index is -4.35. The average molecular weight is 297 g/mol. The quantitative estimate of drug-likeness (QED) is 0.879. The molecule has 0 radical (unpaired) electrons. The third-order valence-corrected chi connectivity index (χ3v) is 3.17. The van der Waals surface area contributed by atoms with Gasteiger partial charge in [-0.25, -0.2) is 0 Å². The first-order chi connectivity index (χ1) is 9.77. The molecule has 0 unspecified atom stereocenters. The molecular weight excluding hydrogens is 279 g/mol. The Morgan fingerprint density at radius 2 is 1.86 bits per heavy atom. The fourth-order valence-electron chi connectivity index (χ4n) is 2.01. The van der Waals surface area contributed by atoms with Gasteiger partial charge < -0.3 is 9.73 Å². The van der Waals surface area contributed by atoms with Gasteiger partial charge in [0.2, 0.25) is 0 Å². The second-order valence-electron chi connectivity index (χ2n) is 5.33. The van der Waals surface area contributed by atoms with E-state index in [1.165, 1.54) is 13.0 Å². The van der Waals surface area contributed by atoms with Gasteiger partial charge in [-0.3, -0.25) is 0 Å². The summed E-state index contributed by atoms with van der Waals surface area (Å²) in [6.07, 6.45) is -4.35. The molecule has 2 rings (SSSR count). The molecule has 2 aromatic rings. The predicted octanol–water partition coefficient (Wildman–Crippen LogP) is 4.77. The van der Waals surface area contributed by atoms with Crippen LogP contribution in [0.4, 0.5) is 13.2 Å². The fourth-order valence-corrected chi connectivity index (χ4v) is 2.01. The van der Waals surface area contributed by atoms with E-state index in [0.717, 1.165) is 6.07 Å². The number of rotatable bonds is 4. The largest absolute Gasteiger partial charge is 0.460 e. The van der Waals surface area contributed by atoms with Crippen LogP contribution in [-0.4, -0.2) is 6.04 Å². The van der Waals surface area contributed by atoms with Crippen LogP contribution in [0.2, 0.25) is 0 Å². The molecule has 1 heterocycles. The monoisotopic (exact) mass is 297 g/mol. The molecule has 1 aromatic carbocycles. The highest BCUT2D eigenvalue weighted by Crippen LogP contribution is 2.35. The van der Waals surface area contributed by atoms with Crippen LogP contribution in [0.25, 0.3) is 11.3 Å². The first-order valence-corrected chi connectivity index (χ1v) is 6.77. The number of nitrogens with one attached hydrogen (secondary N) is 1. The Hall–Kier alpha value is -1.75. The van der Waals surface area contributed by atoms with Crippen molar-refractivity contribution in [3.05, 3.63) is 47.2 Å². The summed E-state index contributed by atoms with van der Waals surface area (Å²) in [7, 11) is 0. The van der Waals surface area contributed by atoms with Crippen LogP contribution >= 0.6 is 0 Å². The third kappa shape index (κ3) is 3.88. The molecule has 0 saturated carbocycles. The van der Waals surface area contributed by atoms with Crippen molar-refractivity contribution in [1.82, 2.24) is 5.32 Å². The summed E-state index contributed by atoms with van der Waals surface area (Å²) in [5, 5.41) is 3.20. The van der Waals surface area contributed by atoms with E-state index < -0.39 is 11.7 Å². The molecule has 0 aliphatic heterocycles. The van der Waals surface area contributed by atoms with E-state index in [-0.39, 0.29) is 5.56 Å². The normalized spacial score (nSPS) is 12.1. The third-order valence-electron chi connectivity index (χ3n) is 3.17. The van der Waals surface area contributed by atoms with Gasteiger partial charge >= 0.3 is 6.18 Å². The van der Waals surface area contributed by atoms with Crippen molar-refractivity contribution in [3.63, 3.8) is 0 Å². The molecule has 5 heteroatoms. The molecule has 0 fully saturated rings. The highest BCUT2D eigenvalue weighted by atomic mass is 19.4. The highest BCUT2D eigenvalue weighted by Gasteiger charge is 2.32. The van der Waals surface area contributed by atoms with Crippen molar-refractivity contribution in [2.75, 3.05) is 0 Å². The molecule has 0 bridgehead atoms. The minimum absolute atomic E-state index is 0.208. The summed E-state index contributed by atoms with van der Waals surface area (Å²) in [4.78, 5) is 0. The lowest BCUT2D eigenvalue weighted by Gasteiger charge is -2.11. The predicted molar refractivity (Wildman–Crippen MR) is 75.9 cm³/mol. The molecule has 0 aliphatic carbocycles. The SMILES string of the molecule is Cc1ccc(-c2ccc(CNC(C)C)o2)cc1C(F)(F)F. The maximum absolute atomic E-state index is 12.9. The molecule has 0 amide bonds. The minimum Gasteiger partial charge on any atom is -0.460 e. The first kappa shape index (κ1) is 15.6. The highest BCUT2D eigenvalue weighted by molar-refractivity contribution is 5.60. The summed E-state index contributed by atoms with van der Waals surface area (Å²) in [6.45, 7) is 6.03. The lowest BCUT2D eigenvalue weighted by atomic mass is 10.0. The van der Waals surface area contributed by atoms with Crippen LogP contribution in [0, 0.1) is 6.92 Å². The Morgan fingerprint density at radius 1 is 1.14 bits per heavy atom. The molecule has 1 N–H and O–H groups in total. The molecule has 2 nitrogen and oxygen atoms in total. The van der Waals surface area contributed by atoms with Gasteiger partial charge in [-0.2, -0.15) is 13.2 Å². The van der Waals surface area contributed by atoms with E-state index in [9.17, 15) is 13.2 Å². The van der Waals surface area contributed by atoms with Crippen molar-refractivity contribution in [2.24, 2.45) is 0 Å². The number of alkyl halides is 3. The molecule has 114 valence electrons. The summed E-state index contributed by atoms with van der Waals surface area (Å²) >= 11 is 0. The second-order valence-corrected chi connectivity index (χ2v) is 5.33. The second kappa shape index (κ2) is 5.93. The zero-order valence-electron chi connectivity index (χ0n) is 12.2. The van der Waals surface area contributed by atoms with Gasteiger partial charge in [0.25, 0.3) is 0 Å². The van der Waals surface area contributed by atoms with Gasteiger partial charge in [-0.05, 0) is 30.7 Å². The number of hydrogen-bond acceptors (Lipinski definition) is 2. The van der Waals surface area contributed by atoms with Gasteiger partial charge in [0.05, 0.1) is 12.1 Å². The Balaban J connectivity index is 2.26. The van der Waals surface area contributed by atoms with E-state index in [4.69, 9.17) is 4.42 Å². The van der Waals surface area contributed by atoms with Crippen molar-refractivity contribution >= 4 is 0 Å². The Kier molecular flexibility index (Phi) is 4.42. The van der Waals surface area contributed by atoms with Gasteiger partial charge in [-0.15, -0.1) is 0 Å². The first-order valence-electron chi connectivity index (χ1n) is 6.77. The maximum Gasteiger partial charge on any atom is 0.416 e. The fraction of sp³-hybridized carbons (Fsp3) is 0.375. The smallest absolute Gasteiger partial charge is 0.416 e. The zero-order chi connectivity index (χ0) is 15.6. The Labute approximate surface area is 122 Å². The van der Waals surface area contributed by atoms with Crippen molar-refractivity contribution in [2.45, 2.75) is 39.5 Å². The lowest BCUT2D eigenvalue weighted by Crippen LogP contribution is -2.21. The van der Waals surface area contributed by atoms with Crippen LogP contribution in [0.1, 0.15) is 30.7 Å². The van der Waals surface area contributed by atoms with Crippen molar-refractivity contribution in [1.29, 1.82) is 0 Å². The lowest BCUT2D eigenvalue weighted by molar-refractivity contribution is -0.138. The van der Waals surface area contributed by atoms with Crippen LogP contribution in [0.5, 0.6) is 0 Å². The average Bonchev–Trinajstić information content (AvgIpc) is 2.84. The van der Waals surface area contributed by atoms with E-state index in [1.54, 1.807) is 18.2 Å². The van der Waals surface area contributed by atoms with Gasteiger partial charge in [-0.1, -0.05) is 26.0 Å². The van der Waals surface area contributed by atoms with Crippen LogP contribution < -0.4 is 5.32 Å². The molecule has 1 aromatic heterocycles. The Bertz CT molecular complexity index is 614. The summed E-state index contributed by atoms with van der Waals surface area (Å²) in [6, 6.07) is 8.03. The zero-order valence-corrected chi connectivity index (χ0v) is 12.2. The standard InChI is InChI=1S/C16H18F3NO/c1-10(2)20-9-13-6-7-15(21-13)12-5-4-11(3)14(8-12)16(17,18)19/h4-8,10,20H,9H2,1-3H3. The molecular formula is C16H18F3NO. The van der Waals surface area contributed by atoms with Crippen LogP contribution in [0.3, 0.4) is 0 Å². The number of halogens is 3. The van der Waals surface area contributed by atoms with Crippen molar-refractivity contribution < 1.29 is 17.6 Å². The number of benzene rings is 1. The van der Waals surface area contributed by atoms with Crippen molar-refractivity contribution in [3.8, 4) is 11.3 Å². The molecule has 0 atom stereocenters. The van der Waals surface area contributed by atoms with E-state index in [0.29, 0.717) is 29.7 Å². The summed E-state index contributed by atoms with van der Waals surface area (Å²) in [5.41, 5.74) is 0.0153. The maximum atomic E-state index is 12.9. The van der Waals surface area contributed by atoms with Crippen LogP contribution in [-0.2, 0) is 12.7 Å². The van der Waals surface area contributed by atoms with E-state index in [1.807, 2.05) is 13.8 Å². The summed E-state index contributed by atoms with van der Waals surface area (Å²) < 4.78 is 44.4. The number of furan rings is 1. The van der Waals surface area contributed by atoms with Crippen LogP contribution in [0.15, 0.2) is 34.7 Å². The number of aryl methyl sites for hydroxylation is 1. The van der Waals surface area contributed by atoms with E-state index in [2.05, 4.69) is 5.32 Å². The summed E-state index contributed by atoms with van der Waals surface area (Å²) in [5.74, 6) is 1.15. The molecule has 0 spiro atoms. The van der Waals surface area contributed by atoms with Gasteiger partial charge in [0.1, 0.15) is 11.5 Å². The Morgan fingerprint density at radius 3 is 2.48 bits per heavy atom. The topological polar surface area (TPSA) is 25.2 Å². The molecule has 21 heavy (non-hydrogen) atoms. The van der Waals surface area contributed by atoms with E-state index >= 15 is 0 Å². The molecule has 0 aliphatic rings. The number of hydrogen-bond donors (Lipinski definition) is 1. The van der Waals surface area contributed by atoms with Gasteiger partial charge in [0.15, 0.2) is 0 Å². The molecule has 0 saturated heterocycles. The van der Waals surface area contributed by atoms with Gasteiger partial charge in [0, 0.05) is 11.6 Å².